The van der Waals surface area contributed by atoms with Crippen LogP contribution in [0.3, 0.4) is 0 Å². The first-order chi connectivity index (χ1) is 7.65. The topological polar surface area (TPSA) is 73.1 Å². The molecule has 0 bridgehead atoms. The molecule has 0 spiro atoms. The molecule has 0 aromatic heterocycles. The highest BCUT2D eigenvalue weighted by molar-refractivity contribution is 5.78. The van der Waals surface area contributed by atoms with Crippen LogP contribution in [0.5, 0.6) is 0 Å². The molecule has 0 saturated heterocycles. The molecular formula is C12H14N2O2. The summed E-state index contributed by atoms with van der Waals surface area (Å²) >= 11 is 0. The van der Waals surface area contributed by atoms with Gasteiger partial charge in [-0.05, 0) is 24.6 Å². The van der Waals surface area contributed by atoms with E-state index in [0.717, 1.165) is 5.56 Å². The van der Waals surface area contributed by atoms with E-state index < -0.39 is 0 Å². The van der Waals surface area contributed by atoms with Crippen molar-refractivity contribution in [2.75, 3.05) is 6.61 Å². The summed E-state index contributed by atoms with van der Waals surface area (Å²) in [6, 6.07) is 8.65. The van der Waals surface area contributed by atoms with Gasteiger partial charge in [0.05, 0.1) is 24.7 Å². The predicted molar refractivity (Wildman–Crippen MR) is 59.6 cm³/mol. The van der Waals surface area contributed by atoms with Gasteiger partial charge in [0.25, 0.3) is 0 Å². The molecule has 1 amide bonds. The second kappa shape index (κ2) is 5.89. The summed E-state index contributed by atoms with van der Waals surface area (Å²) in [6.07, 6.45) is 0.260. The second-order valence-corrected chi connectivity index (χ2v) is 3.64. The Bertz CT molecular complexity index is 392. The number of rotatable bonds is 4. The van der Waals surface area contributed by atoms with Crippen LogP contribution in [0.4, 0.5) is 0 Å². The fourth-order valence-electron chi connectivity index (χ4n) is 1.25. The smallest absolute Gasteiger partial charge is 0.224 e. The number of nitrogens with one attached hydrogen (secondary N) is 1. The summed E-state index contributed by atoms with van der Waals surface area (Å²) in [5.41, 5.74) is 1.43. The van der Waals surface area contributed by atoms with Gasteiger partial charge in [0.1, 0.15) is 0 Å². The number of benzene rings is 1. The second-order valence-electron chi connectivity index (χ2n) is 3.64. The molecule has 1 atom stereocenters. The Labute approximate surface area is 94.5 Å². The fraction of sp³-hybridized carbons (Fsp3) is 0.333. The van der Waals surface area contributed by atoms with Crippen molar-refractivity contribution in [2.45, 2.75) is 19.4 Å². The van der Waals surface area contributed by atoms with Crippen LogP contribution >= 0.6 is 0 Å². The van der Waals surface area contributed by atoms with E-state index in [1.165, 1.54) is 0 Å². The number of amides is 1. The number of carbonyl (C=O) groups excluding carboxylic acids is 1. The third-order valence-corrected chi connectivity index (χ3v) is 2.13. The maximum absolute atomic E-state index is 11.4. The Morgan fingerprint density at radius 2 is 2.12 bits per heavy atom. The predicted octanol–water partition coefficient (Wildman–Crippen LogP) is 0.598. The van der Waals surface area contributed by atoms with E-state index in [1.807, 2.05) is 6.07 Å². The van der Waals surface area contributed by atoms with Crippen LogP contribution in [-0.2, 0) is 11.2 Å². The van der Waals surface area contributed by atoms with Crippen molar-refractivity contribution in [1.29, 1.82) is 5.26 Å². The molecule has 0 radical (unpaired) electrons. The highest BCUT2D eigenvalue weighted by Gasteiger charge is 2.06. The Morgan fingerprint density at radius 3 is 2.62 bits per heavy atom. The minimum atomic E-state index is -0.231. The number of aliphatic hydroxyl groups excluding tert-OH is 1. The molecule has 0 unspecified atom stereocenters. The molecule has 0 aliphatic rings. The highest BCUT2D eigenvalue weighted by Crippen LogP contribution is 2.04. The van der Waals surface area contributed by atoms with Gasteiger partial charge in [0.2, 0.25) is 5.91 Å². The zero-order valence-corrected chi connectivity index (χ0v) is 9.10. The molecule has 0 aliphatic heterocycles. The lowest BCUT2D eigenvalue weighted by Crippen LogP contribution is -2.35. The fourth-order valence-corrected chi connectivity index (χ4v) is 1.25. The lowest BCUT2D eigenvalue weighted by Gasteiger charge is -2.10. The van der Waals surface area contributed by atoms with Crippen LogP contribution < -0.4 is 5.32 Å². The van der Waals surface area contributed by atoms with Crippen molar-refractivity contribution in [3.63, 3.8) is 0 Å². The molecule has 0 heterocycles. The van der Waals surface area contributed by atoms with E-state index in [4.69, 9.17) is 10.4 Å². The first-order valence-corrected chi connectivity index (χ1v) is 5.05. The summed E-state index contributed by atoms with van der Waals surface area (Å²) in [6.45, 7) is 1.66. The van der Waals surface area contributed by atoms with Gasteiger partial charge in [0, 0.05) is 6.04 Å². The molecule has 0 aliphatic carbocycles. The number of hydrogen-bond acceptors (Lipinski definition) is 3. The average Bonchev–Trinajstić information content (AvgIpc) is 2.29. The van der Waals surface area contributed by atoms with Gasteiger partial charge in [-0.1, -0.05) is 12.1 Å². The van der Waals surface area contributed by atoms with Crippen LogP contribution in [0, 0.1) is 11.3 Å². The molecule has 16 heavy (non-hydrogen) atoms. The third kappa shape index (κ3) is 3.71. The normalized spacial score (nSPS) is 11.6. The first-order valence-electron chi connectivity index (χ1n) is 5.05. The Kier molecular flexibility index (Phi) is 4.49. The SMILES string of the molecule is C[C@@H](CO)NC(=O)Cc1ccc(C#N)cc1. The van der Waals surface area contributed by atoms with Gasteiger partial charge in [-0.15, -0.1) is 0 Å². The van der Waals surface area contributed by atoms with Crippen molar-refractivity contribution >= 4 is 5.91 Å². The van der Waals surface area contributed by atoms with E-state index in [1.54, 1.807) is 31.2 Å². The van der Waals surface area contributed by atoms with Gasteiger partial charge in [-0.2, -0.15) is 5.26 Å². The molecule has 4 heteroatoms. The van der Waals surface area contributed by atoms with Crippen LogP contribution in [0.1, 0.15) is 18.1 Å². The molecular weight excluding hydrogens is 204 g/mol. The minimum Gasteiger partial charge on any atom is -0.394 e. The van der Waals surface area contributed by atoms with Crippen LogP contribution in [0.2, 0.25) is 0 Å². The van der Waals surface area contributed by atoms with Gasteiger partial charge in [-0.25, -0.2) is 0 Å². The number of carbonyl (C=O) groups is 1. The summed E-state index contributed by atoms with van der Waals surface area (Å²) in [4.78, 5) is 11.4. The summed E-state index contributed by atoms with van der Waals surface area (Å²) in [5, 5.41) is 20.0. The molecule has 0 saturated carbocycles. The number of nitriles is 1. The molecule has 1 aromatic rings. The van der Waals surface area contributed by atoms with E-state index in [2.05, 4.69) is 5.32 Å². The maximum Gasteiger partial charge on any atom is 0.224 e. The number of aliphatic hydroxyl groups is 1. The first kappa shape index (κ1) is 12.2. The standard InChI is InChI=1S/C12H14N2O2/c1-9(8-15)14-12(16)6-10-2-4-11(7-13)5-3-10/h2-5,9,15H,6,8H2,1H3,(H,14,16)/t9-/m0/s1. The van der Waals surface area contributed by atoms with E-state index >= 15 is 0 Å². The van der Waals surface area contributed by atoms with E-state index in [-0.39, 0.29) is 25.0 Å². The van der Waals surface area contributed by atoms with Crippen molar-refractivity contribution in [1.82, 2.24) is 5.32 Å². The Morgan fingerprint density at radius 1 is 1.50 bits per heavy atom. The molecule has 1 aromatic carbocycles. The van der Waals surface area contributed by atoms with Crippen LogP contribution in [0.15, 0.2) is 24.3 Å². The van der Waals surface area contributed by atoms with Crippen molar-refractivity contribution in [2.24, 2.45) is 0 Å². The molecule has 84 valence electrons. The third-order valence-electron chi connectivity index (χ3n) is 2.13. The van der Waals surface area contributed by atoms with Crippen molar-refractivity contribution in [3.05, 3.63) is 35.4 Å². The molecule has 1 rings (SSSR count). The molecule has 4 nitrogen and oxygen atoms in total. The maximum atomic E-state index is 11.4. The summed E-state index contributed by atoms with van der Waals surface area (Å²) < 4.78 is 0. The van der Waals surface area contributed by atoms with Crippen LogP contribution in [-0.4, -0.2) is 23.7 Å². The van der Waals surface area contributed by atoms with E-state index in [0.29, 0.717) is 5.56 Å². The summed E-state index contributed by atoms with van der Waals surface area (Å²) in [5.74, 6) is -0.133. The zero-order valence-electron chi connectivity index (χ0n) is 9.10. The average molecular weight is 218 g/mol. The van der Waals surface area contributed by atoms with E-state index in [9.17, 15) is 4.79 Å². The van der Waals surface area contributed by atoms with Crippen LogP contribution in [0.25, 0.3) is 0 Å². The van der Waals surface area contributed by atoms with Crippen molar-refractivity contribution < 1.29 is 9.90 Å². The minimum absolute atomic E-state index is 0.0703. The number of nitrogens with zero attached hydrogens (tertiary/aromatic N) is 1. The molecule has 0 fully saturated rings. The molecule has 2 N–H and O–H groups in total. The quantitative estimate of drug-likeness (QED) is 0.777. The lowest BCUT2D eigenvalue weighted by atomic mass is 10.1. The largest absolute Gasteiger partial charge is 0.394 e. The monoisotopic (exact) mass is 218 g/mol. The van der Waals surface area contributed by atoms with Gasteiger partial charge in [-0.3, -0.25) is 4.79 Å². The van der Waals surface area contributed by atoms with Gasteiger partial charge in [0.15, 0.2) is 0 Å². The van der Waals surface area contributed by atoms with Gasteiger partial charge < -0.3 is 10.4 Å². The highest BCUT2D eigenvalue weighted by atomic mass is 16.3. The van der Waals surface area contributed by atoms with Gasteiger partial charge >= 0.3 is 0 Å². The zero-order chi connectivity index (χ0) is 12.0. The summed E-state index contributed by atoms with van der Waals surface area (Å²) in [7, 11) is 0. The van der Waals surface area contributed by atoms with Crippen molar-refractivity contribution in [3.8, 4) is 6.07 Å². The Balaban J connectivity index is 2.53. The number of hydrogen-bond donors (Lipinski definition) is 2. The Hall–Kier alpha value is -1.86. The lowest BCUT2D eigenvalue weighted by molar-refractivity contribution is -0.121.